The van der Waals surface area contributed by atoms with Gasteiger partial charge in [0.25, 0.3) is 5.56 Å². The van der Waals surface area contributed by atoms with E-state index in [0.29, 0.717) is 24.7 Å². The van der Waals surface area contributed by atoms with Crippen LogP contribution in [0.15, 0.2) is 29.3 Å². The van der Waals surface area contributed by atoms with Crippen molar-refractivity contribution in [1.29, 1.82) is 0 Å². The fourth-order valence-corrected chi connectivity index (χ4v) is 2.39. The van der Waals surface area contributed by atoms with Gasteiger partial charge in [-0.25, -0.2) is 4.98 Å². The lowest BCUT2D eigenvalue weighted by molar-refractivity contribution is 0.193. The van der Waals surface area contributed by atoms with Crippen molar-refractivity contribution in [2.24, 2.45) is 0 Å². The van der Waals surface area contributed by atoms with Crippen LogP contribution in [0.5, 0.6) is 0 Å². The minimum absolute atomic E-state index is 0.0930. The quantitative estimate of drug-likeness (QED) is 0.911. The Hall–Kier alpha value is -1.72. The standard InChI is InChI=1S/C13H12ClN3O2/c14-10-11(9-3-6-19-7-9)16-12(17-13(10)18)8-1-4-15-5-2-8/h1-2,4-5,9H,3,6-7H2,(H,16,17,18). The average Bonchev–Trinajstić information content (AvgIpc) is 2.96. The van der Waals surface area contributed by atoms with Gasteiger partial charge in [0, 0.05) is 30.5 Å². The Morgan fingerprint density at radius 3 is 2.84 bits per heavy atom. The zero-order chi connectivity index (χ0) is 13.2. The predicted molar refractivity (Wildman–Crippen MR) is 71.3 cm³/mol. The first-order valence-corrected chi connectivity index (χ1v) is 6.41. The molecule has 3 rings (SSSR count). The van der Waals surface area contributed by atoms with Gasteiger partial charge in [-0.2, -0.15) is 0 Å². The number of hydrogen-bond donors (Lipinski definition) is 1. The summed E-state index contributed by atoms with van der Waals surface area (Å²) < 4.78 is 5.33. The molecule has 1 aliphatic heterocycles. The van der Waals surface area contributed by atoms with E-state index >= 15 is 0 Å². The van der Waals surface area contributed by atoms with Gasteiger partial charge in [-0.05, 0) is 18.6 Å². The van der Waals surface area contributed by atoms with E-state index < -0.39 is 0 Å². The number of hydrogen-bond acceptors (Lipinski definition) is 4. The first-order chi connectivity index (χ1) is 9.25. The van der Waals surface area contributed by atoms with E-state index in [9.17, 15) is 4.79 Å². The van der Waals surface area contributed by atoms with Gasteiger partial charge in [0.1, 0.15) is 10.8 Å². The summed E-state index contributed by atoms with van der Waals surface area (Å²) in [6.07, 6.45) is 4.15. The minimum atomic E-state index is -0.314. The molecule has 5 nitrogen and oxygen atoms in total. The van der Waals surface area contributed by atoms with Crippen LogP contribution >= 0.6 is 11.6 Å². The molecule has 2 aromatic heterocycles. The summed E-state index contributed by atoms with van der Waals surface area (Å²) in [4.78, 5) is 23.0. The molecule has 0 amide bonds. The summed E-state index contributed by atoms with van der Waals surface area (Å²) >= 11 is 6.06. The Kier molecular flexibility index (Phi) is 3.31. The molecule has 1 N–H and O–H groups in total. The average molecular weight is 278 g/mol. The summed E-state index contributed by atoms with van der Waals surface area (Å²) in [5.41, 5.74) is 1.11. The van der Waals surface area contributed by atoms with Crippen LogP contribution in [0, 0.1) is 0 Å². The molecular weight excluding hydrogens is 266 g/mol. The normalized spacial score (nSPS) is 18.7. The van der Waals surface area contributed by atoms with E-state index in [0.717, 1.165) is 12.0 Å². The van der Waals surface area contributed by atoms with Gasteiger partial charge < -0.3 is 9.72 Å². The van der Waals surface area contributed by atoms with Gasteiger partial charge in [0.2, 0.25) is 0 Å². The topological polar surface area (TPSA) is 67.9 Å². The molecule has 19 heavy (non-hydrogen) atoms. The fraction of sp³-hybridized carbons (Fsp3) is 0.308. The molecule has 1 saturated heterocycles. The van der Waals surface area contributed by atoms with Crippen molar-refractivity contribution in [2.45, 2.75) is 12.3 Å². The lowest BCUT2D eigenvalue weighted by Crippen LogP contribution is -2.16. The van der Waals surface area contributed by atoms with Crippen molar-refractivity contribution in [3.8, 4) is 11.4 Å². The molecule has 0 spiro atoms. The van der Waals surface area contributed by atoms with Crippen molar-refractivity contribution in [3.05, 3.63) is 45.6 Å². The van der Waals surface area contributed by atoms with Crippen molar-refractivity contribution < 1.29 is 4.74 Å². The Balaban J connectivity index is 2.10. The maximum atomic E-state index is 11.9. The third kappa shape index (κ3) is 2.39. The number of ether oxygens (including phenoxy) is 1. The smallest absolute Gasteiger partial charge is 0.270 e. The lowest BCUT2D eigenvalue weighted by atomic mass is 10.0. The maximum absolute atomic E-state index is 11.9. The highest BCUT2D eigenvalue weighted by atomic mass is 35.5. The largest absolute Gasteiger partial charge is 0.381 e. The molecule has 98 valence electrons. The van der Waals surface area contributed by atoms with Crippen LogP contribution < -0.4 is 5.56 Å². The van der Waals surface area contributed by atoms with E-state index in [1.807, 2.05) is 0 Å². The molecule has 0 saturated carbocycles. The highest BCUT2D eigenvalue weighted by molar-refractivity contribution is 6.31. The van der Waals surface area contributed by atoms with Gasteiger partial charge in [0.15, 0.2) is 0 Å². The number of nitrogens with zero attached hydrogens (tertiary/aromatic N) is 2. The summed E-state index contributed by atoms with van der Waals surface area (Å²) in [5.74, 6) is 0.606. The van der Waals surface area contributed by atoms with Crippen molar-refractivity contribution in [3.63, 3.8) is 0 Å². The highest BCUT2D eigenvalue weighted by Crippen LogP contribution is 2.28. The van der Waals surface area contributed by atoms with Crippen LogP contribution in [0.1, 0.15) is 18.0 Å². The molecule has 6 heteroatoms. The number of H-pyrrole nitrogens is 1. The Bertz CT molecular complexity index is 636. The van der Waals surface area contributed by atoms with Gasteiger partial charge in [-0.15, -0.1) is 0 Å². The zero-order valence-electron chi connectivity index (χ0n) is 10.1. The monoisotopic (exact) mass is 277 g/mol. The molecule has 0 bridgehead atoms. The van der Waals surface area contributed by atoms with Crippen molar-refractivity contribution in [1.82, 2.24) is 15.0 Å². The molecule has 0 radical (unpaired) electrons. The van der Waals surface area contributed by atoms with Crippen LogP contribution in [-0.4, -0.2) is 28.2 Å². The SMILES string of the molecule is O=c1[nH]c(-c2ccncc2)nc(C2CCOC2)c1Cl. The number of pyridine rings is 1. The third-order valence-corrected chi connectivity index (χ3v) is 3.52. The first-order valence-electron chi connectivity index (χ1n) is 6.03. The molecule has 0 aliphatic carbocycles. The Morgan fingerprint density at radius 1 is 1.37 bits per heavy atom. The van der Waals surface area contributed by atoms with Crippen LogP contribution in [0.4, 0.5) is 0 Å². The van der Waals surface area contributed by atoms with Crippen LogP contribution in [0.25, 0.3) is 11.4 Å². The van der Waals surface area contributed by atoms with Crippen LogP contribution in [0.2, 0.25) is 5.02 Å². The highest BCUT2D eigenvalue weighted by Gasteiger charge is 2.24. The van der Waals surface area contributed by atoms with E-state index in [1.54, 1.807) is 24.5 Å². The van der Waals surface area contributed by atoms with E-state index in [4.69, 9.17) is 16.3 Å². The minimum Gasteiger partial charge on any atom is -0.381 e. The summed E-state index contributed by atoms with van der Waals surface area (Å²) in [7, 11) is 0. The third-order valence-electron chi connectivity index (χ3n) is 3.16. The second kappa shape index (κ2) is 5.11. The zero-order valence-corrected chi connectivity index (χ0v) is 10.9. The maximum Gasteiger partial charge on any atom is 0.270 e. The molecular formula is C13H12ClN3O2. The van der Waals surface area contributed by atoms with Gasteiger partial charge >= 0.3 is 0 Å². The lowest BCUT2D eigenvalue weighted by Gasteiger charge is -2.10. The van der Waals surface area contributed by atoms with Gasteiger partial charge in [-0.1, -0.05) is 11.6 Å². The first kappa shape index (κ1) is 12.3. The fourth-order valence-electron chi connectivity index (χ4n) is 2.14. The number of aromatic nitrogens is 3. The Labute approximate surface area is 114 Å². The molecule has 2 aromatic rings. The van der Waals surface area contributed by atoms with Crippen LogP contribution in [-0.2, 0) is 4.74 Å². The van der Waals surface area contributed by atoms with Gasteiger partial charge in [-0.3, -0.25) is 9.78 Å². The molecule has 1 aliphatic rings. The van der Waals surface area contributed by atoms with Gasteiger partial charge in [0.05, 0.1) is 12.3 Å². The summed E-state index contributed by atoms with van der Waals surface area (Å²) in [6.45, 7) is 1.24. The Morgan fingerprint density at radius 2 is 2.16 bits per heavy atom. The van der Waals surface area contributed by atoms with E-state index in [1.165, 1.54) is 0 Å². The summed E-state index contributed by atoms with van der Waals surface area (Å²) in [6, 6.07) is 3.59. The predicted octanol–water partition coefficient (Wildman–Crippen LogP) is 1.99. The van der Waals surface area contributed by atoms with Crippen molar-refractivity contribution in [2.75, 3.05) is 13.2 Å². The number of halogens is 1. The van der Waals surface area contributed by atoms with E-state index in [2.05, 4.69) is 15.0 Å². The number of rotatable bonds is 2. The van der Waals surface area contributed by atoms with E-state index in [-0.39, 0.29) is 16.5 Å². The molecule has 1 unspecified atom stereocenters. The van der Waals surface area contributed by atoms with Crippen molar-refractivity contribution >= 4 is 11.6 Å². The molecule has 1 atom stereocenters. The number of nitrogens with one attached hydrogen (secondary N) is 1. The molecule has 1 fully saturated rings. The summed E-state index contributed by atoms with van der Waals surface area (Å²) in [5, 5.41) is 0.160. The molecule has 0 aromatic carbocycles. The second-order valence-corrected chi connectivity index (χ2v) is 4.79. The second-order valence-electron chi connectivity index (χ2n) is 4.41. The van der Waals surface area contributed by atoms with Crippen LogP contribution in [0.3, 0.4) is 0 Å². The molecule has 3 heterocycles. The number of aromatic amines is 1.